The van der Waals surface area contributed by atoms with Gasteiger partial charge in [-0.15, -0.1) is 0 Å². The normalized spacial score (nSPS) is 17.0. The zero-order valence-corrected chi connectivity index (χ0v) is 50.7. The van der Waals surface area contributed by atoms with Gasteiger partial charge in [0, 0.05) is 74.4 Å². The zero-order chi connectivity index (χ0) is 56.9. The lowest BCUT2D eigenvalue weighted by Gasteiger charge is -2.54. The lowest BCUT2D eigenvalue weighted by atomic mass is 9.60. The first-order valence-corrected chi connectivity index (χ1v) is 33.0. The first kappa shape index (κ1) is 59.5. The van der Waals surface area contributed by atoms with E-state index in [0.29, 0.717) is 50.1 Å². The fraction of sp³-hybridized carbons (Fsp3) is 0.448. The quantitative estimate of drug-likeness (QED) is 0.0377. The summed E-state index contributed by atoms with van der Waals surface area (Å²) in [7, 11) is 6.74. The highest BCUT2D eigenvalue weighted by molar-refractivity contribution is 7.70. The summed E-state index contributed by atoms with van der Waals surface area (Å²) in [6, 6.07) is 28.8. The van der Waals surface area contributed by atoms with Crippen LogP contribution in [0.25, 0.3) is 0 Å². The molecule has 2 aliphatic heterocycles. The highest BCUT2D eigenvalue weighted by Crippen LogP contribution is 2.53. The lowest BCUT2D eigenvalue weighted by Crippen LogP contribution is -2.53. The van der Waals surface area contributed by atoms with Gasteiger partial charge in [0.25, 0.3) is 0 Å². The van der Waals surface area contributed by atoms with Crippen molar-refractivity contribution in [2.45, 2.75) is 63.5 Å². The lowest BCUT2D eigenvalue weighted by molar-refractivity contribution is 0.00486. The molecule has 6 aromatic rings. The molecular weight excluding hydrogens is 1070 g/mol. The minimum Gasteiger partial charge on any atom is -0.400 e. The van der Waals surface area contributed by atoms with Crippen LogP contribution in [0.3, 0.4) is 0 Å². The Morgan fingerprint density at radius 2 is 0.975 bits per heavy atom. The number of anilines is 12. The van der Waals surface area contributed by atoms with Gasteiger partial charge in [-0.25, -0.2) is 9.97 Å². The largest absolute Gasteiger partial charge is 0.400 e. The first-order valence-electron chi connectivity index (χ1n) is 27.0. The summed E-state index contributed by atoms with van der Waals surface area (Å²) >= 11 is 12.8. The number of benzene rings is 4. The molecule has 0 amide bonds. The summed E-state index contributed by atoms with van der Waals surface area (Å²) in [6.45, 7) is 11.2. The number of hydrogen-bond donors (Lipinski definition) is 7. The molecule has 424 valence electrons. The van der Waals surface area contributed by atoms with Gasteiger partial charge in [0.1, 0.15) is 24.3 Å². The van der Waals surface area contributed by atoms with Gasteiger partial charge >= 0.3 is 0 Å². The molecule has 2 saturated carbocycles. The molecule has 10 rings (SSSR count). The molecule has 4 fully saturated rings. The van der Waals surface area contributed by atoms with Crippen LogP contribution in [0, 0.1) is 10.8 Å². The maximum atomic E-state index is 12.8. The molecule has 79 heavy (non-hydrogen) atoms. The summed E-state index contributed by atoms with van der Waals surface area (Å²) in [5.41, 5.74) is 14.8. The minimum atomic E-state index is -2.49. The smallest absolute Gasteiger partial charge is 0.229 e. The van der Waals surface area contributed by atoms with Crippen LogP contribution in [0.2, 0.25) is 10.0 Å². The van der Waals surface area contributed by atoms with E-state index in [-0.39, 0.29) is 0 Å². The van der Waals surface area contributed by atoms with Crippen molar-refractivity contribution < 1.29 is 14.2 Å². The van der Waals surface area contributed by atoms with E-state index in [1.807, 2.05) is 67.7 Å². The molecule has 2 saturated heterocycles. The average molecular weight is 1150 g/mol. The average Bonchev–Trinajstić information content (AvgIpc) is 3.42. The number of nitrogens with zero attached hydrogens (tertiary/aromatic N) is 8. The van der Waals surface area contributed by atoms with Gasteiger partial charge in [0.2, 0.25) is 11.9 Å². The fourth-order valence-corrected chi connectivity index (χ4v) is 14.1. The van der Waals surface area contributed by atoms with Crippen molar-refractivity contribution in [3.05, 3.63) is 107 Å². The minimum absolute atomic E-state index is 0.369. The Morgan fingerprint density at radius 3 is 1.37 bits per heavy atom. The van der Waals surface area contributed by atoms with Crippen LogP contribution in [0.15, 0.2) is 97.3 Å². The molecule has 21 heteroatoms. The molecule has 2 aromatic heterocycles. The summed E-state index contributed by atoms with van der Waals surface area (Å²) in [4.78, 5) is 27.5. The number of halogens is 2. The second-order valence-electron chi connectivity index (χ2n) is 22.8. The Labute approximate surface area is 477 Å². The molecule has 8 N–H and O–H groups in total. The Balaban J connectivity index is 0.000000202. The number of piperidine rings is 2. The predicted molar refractivity (Wildman–Crippen MR) is 334 cm³/mol. The van der Waals surface area contributed by atoms with Crippen molar-refractivity contribution in [3.8, 4) is 0 Å². The van der Waals surface area contributed by atoms with Gasteiger partial charge in [-0.3, -0.25) is 0 Å². The van der Waals surface area contributed by atoms with Gasteiger partial charge in [-0.2, -0.15) is 9.97 Å². The maximum absolute atomic E-state index is 12.8. The number of nitrogen functional groups attached to an aromatic ring is 1. The number of para-hydroxylation sites is 2. The molecule has 0 unspecified atom stereocenters. The summed E-state index contributed by atoms with van der Waals surface area (Å²) in [5, 5.41) is 25.7. The third-order valence-electron chi connectivity index (χ3n) is 16.2. The molecule has 4 aromatic carbocycles. The summed E-state index contributed by atoms with van der Waals surface area (Å²) in [5.74, 6) is 1.70. The van der Waals surface area contributed by atoms with E-state index in [0.717, 1.165) is 90.1 Å². The van der Waals surface area contributed by atoms with E-state index >= 15 is 0 Å². The van der Waals surface area contributed by atoms with Crippen LogP contribution >= 0.6 is 37.5 Å². The Kier molecular flexibility index (Phi) is 18.8. The second kappa shape index (κ2) is 25.0. The van der Waals surface area contributed by atoms with Gasteiger partial charge in [-0.05, 0) is 178 Å². The van der Waals surface area contributed by atoms with Gasteiger partial charge < -0.3 is 66.2 Å². The van der Waals surface area contributed by atoms with Crippen LogP contribution in [0.5, 0.6) is 0 Å². The van der Waals surface area contributed by atoms with Crippen LogP contribution < -0.4 is 52.7 Å². The molecule has 0 bridgehead atoms. The monoisotopic (exact) mass is 1150 g/mol. The van der Waals surface area contributed by atoms with Crippen LogP contribution in [0.1, 0.15) is 51.4 Å². The topological polar surface area (TPSA) is 205 Å². The Bertz CT molecular complexity index is 3160. The molecule has 4 aliphatic rings. The Morgan fingerprint density at radius 1 is 0.582 bits per heavy atom. The van der Waals surface area contributed by atoms with Crippen LogP contribution in [-0.2, 0) is 9.13 Å². The summed E-state index contributed by atoms with van der Waals surface area (Å²) < 4.78 is 25.5. The highest BCUT2D eigenvalue weighted by Gasteiger charge is 2.47. The maximum Gasteiger partial charge on any atom is 0.229 e. The van der Waals surface area contributed by atoms with Crippen molar-refractivity contribution >= 4 is 117 Å². The zero-order valence-electron chi connectivity index (χ0n) is 47.4. The van der Waals surface area contributed by atoms with E-state index in [9.17, 15) is 9.13 Å². The molecule has 17 nitrogen and oxygen atoms in total. The van der Waals surface area contributed by atoms with E-state index < -0.39 is 14.3 Å². The SMILES string of the molecule is CN(C)C1CC2(CCN(c3ccc(Nc4ncc(Cl)c(Nc5ccccc5P(C)(C)=O)n4)cc3N)CC2)C1.CNc1cc(Nc2ncc(Cl)c(Nc3ccccc3P(C)(C)=O)n2)ccc1N1CCC2(CC1)CC(N(C)C)C2.CO. The van der Waals surface area contributed by atoms with Crippen LogP contribution in [0.4, 0.5) is 69.0 Å². The highest BCUT2D eigenvalue weighted by atomic mass is 35.5. The molecule has 0 radical (unpaired) electrons. The number of nitrogens with one attached hydrogen (secondary N) is 5. The Hall–Kier alpha value is -5.64. The molecule has 2 spiro atoms. The van der Waals surface area contributed by atoms with Gasteiger partial charge in [0.05, 0.1) is 46.5 Å². The van der Waals surface area contributed by atoms with Gasteiger partial charge in [-0.1, -0.05) is 47.5 Å². The first-order chi connectivity index (χ1) is 37.6. The van der Waals surface area contributed by atoms with Crippen molar-refractivity contribution in [1.82, 2.24) is 29.7 Å². The number of rotatable bonds is 15. The number of aromatic nitrogens is 4. The van der Waals surface area contributed by atoms with Crippen molar-refractivity contribution in [1.29, 1.82) is 0 Å². The number of aliphatic hydroxyl groups is 1. The second-order valence-corrected chi connectivity index (χ2v) is 30.0. The van der Waals surface area contributed by atoms with Crippen molar-refractivity contribution in [2.75, 3.05) is 137 Å². The number of nitrogens with two attached hydrogens (primary N) is 1. The number of aliphatic hydroxyl groups excluding tert-OH is 1. The van der Waals surface area contributed by atoms with Crippen molar-refractivity contribution in [3.63, 3.8) is 0 Å². The molecular formula is C58H80Cl2N14O3P2. The van der Waals surface area contributed by atoms with E-state index in [1.165, 1.54) is 57.1 Å². The predicted octanol–water partition coefficient (Wildman–Crippen LogP) is 11.6. The van der Waals surface area contributed by atoms with E-state index in [1.54, 1.807) is 39.1 Å². The molecule has 0 atom stereocenters. The molecule has 4 heterocycles. The summed E-state index contributed by atoms with van der Waals surface area (Å²) in [6.07, 6.45) is 13.3. The van der Waals surface area contributed by atoms with E-state index in [2.05, 4.69) is 119 Å². The standard InChI is InChI=1S/C29H39ClN7OP.C28H37ClN7OP.CH4O/c1-31-24-16-20(10-11-25(24)37-14-12-29(13-15-37)17-21(18-29)36(2)3)33-28-32-19-22(30)27(35-28)34-23-8-6-7-9-26(23)39(4,5)38;1-35(2)20-16-28(17-20)11-13-36(14-12-28)24-10-9-19(15-22(24)30)32-27-31-18-21(29)26(34-27)33-23-7-5-6-8-25(23)38(3,4)37;1-2/h6-11,16,19,21,31H,12-15,17-18H2,1-5H3,(H2,32,33,34,35);5-10,15,18,20H,11-14,16-17,30H2,1-4H3,(H2,31,32,33,34);2H,1H3. The third-order valence-corrected chi connectivity index (χ3v) is 19.9. The van der Waals surface area contributed by atoms with Crippen LogP contribution in [-0.4, -0.2) is 142 Å². The van der Waals surface area contributed by atoms with Gasteiger partial charge in [0.15, 0.2) is 11.6 Å². The van der Waals surface area contributed by atoms with E-state index in [4.69, 9.17) is 34.0 Å². The van der Waals surface area contributed by atoms with Crippen molar-refractivity contribution in [2.24, 2.45) is 10.8 Å². The molecule has 2 aliphatic carbocycles. The fourth-order valence-electron chi connectivity index (χ4n) is 11.5. The third kappa shape index (κ3) is 14.3. The number of hydrogen-bond acceptors (Lipinski definition) is 17.